The van der Waals surface area contributed by atoms with Crippen molar-refractivity contribution >= 4 is 11.6 Å². The molecule has 2 atom stereocenters. The predicted molar refractivity (Wildman–Crippen MR) is 111 cm³/mol. The van der Waals surface area contributed by atoms with Gasteiger partial charge in [0.15, 0.2) is 5.96 Å². The fourth-order valence-corrected chi connectivity index (χ4v) is 3.71. The summed E-state index contributed by atoms with van der Waals surface area (Å²) >= 11 is 0. The summed E-state index contributed by atoms with van der Waals surface area (Å²) < 4.78 is 11.3. The Labute approximate surface area is 163 Å². The number of guanidine groups is 1. The molecule has 2 fully saturated rings. The van der Waals surface area contributed by atoms with Crippen LogP contribution < -0.4 is 15.5 Å². The van der Waals surface area contributed by atoms with Crippen LogP contribution in [0.3, 0.4) is 0 Å². The van der Waals surface area contributed by atoms with Gasteiger partial charge in [-0.05, 0) is 43.7 Å². The topological polar surface area (TPSA) is 58.1 Å². The molecule has 0 aliphatic carbocycles. The molecule has 150 valence electrons. The summed E-state index contributed by atoms with van der Waals surface area (Å²) in [5, 5.41) is 6.85. The van der Waals surface area contributed by atoms with Gasteiger partial charge in [0.25, 0.3) is 0 Å². The first-order valence-electron chi connectivity index (χ1n) is 10.3. The lowest BCUT2D eigenvalue weighted by atomic mass is 10.1. The number of anilines is 1. The van der Waals surface area contributed by atoms with Crippen LogP contribution in [0.15, 0.2) is 35.3 Å². The smallest absolute Gasteiger partial charge is 0.190 e. The zero-order chi connectivity index (χ0) is 18.7. The molecule has 2 aliphatic rings. The van der Waals surface area contributed by atoms with Crippen molar-refractivity contribution in [2.24, 2.45) is 10.9 Å². The lowest BCUT2D eigenvalue weighted by Crippen LogP contribution is -2.40. The predicted octanol–water partition coefficient (Wildman–Crippen LogP) is 2.26. The Morgan fingerprint density at radius 3 is 2.93 bits per heavy atom. The minimum absolute atomic E-state index is 0.314. The quantitative estimate of drug-likeness (QED) is 0.394. The van der Waals surface area contributed by atoms with Gasteiger partial charge in [-0.2, -0.15) is 0 Å². The van der Waals surface area contributed by atoms with Gasteiger partial charge in [0.05, 0.1) is 12.7 Å². The van der Waals surface area contributed by atoms with E-state index in [2.05, 4.69) is 50.9 Å². The van der Waals surface area contributed by atoms with Crippen LogP contribution in [0, 0.1) is 5.92 Å². The SMILES string of the molecule is CN=C(NCCCOCC1CCCO1)NCC1CCN(c2ccccc2)C1. The molecule has 0 spiro atoms. The van der Waals surface area contributed by atoms with Gasteiger partial charge in [0.2, 0.25) is 0 Å². The Hall–Kier alpha value is -1.79. The first-order chi connectivity index (χ1) is 13.3. The summed E-state index contributed by atoms with van der Waals surface area (Å²) in [5.74, 6) is 1.53. The van der Waals surface area contributed by atoms with E-state index in [0.29, 0.717) is 12.0 Å². The number of nitrogens with zero attached hydrogens (tertiary/aromatic N) is 2. The molecule has 6 nitrogen and oxygen atoms in total. The number of benzene rings is 1. The number of para-hydroxylation sites is 1. The standard InChI is InChI=1S/C21H34N4O2/c1-22-21(23-11-6-13-26-17-20-9-5-14-27-20)24-15-18-10-12-25(16-18)19-7-3-2-4-8-19/h2-4,7-8,18,20H,5-6,9-17H2,1H3,(H2,22,23,24). The third-order valence-electron chi connectivity index (χ3n) is 5.27. The number of hydrogen-bond acceptors (Lipinski definition) is 4. The number of rotatable bonds is 9. The average Bonchev–Trinajstić information content (AvgIpc) is 3.39. The molecule has 2 aliphatic heterocycles. The maximum absolute atomic E-state index is 5.70. The molecule has 0 bridgehead atoms. The minimum atomic E-state index is 0.314. The van der Waals surface area contributed by atoms with Crippen molar-refractivity contribution in [3.8, 4) is 0 Å². The number of ether oxygens (including phenoxy) is 2. The molecule has 6 heteroatoms. The lowest BCUT2D eigenvalue weighted by Gasteiger charge is -2.19. The molecule has 27 heavy (non-hydrogen) atoms. The number of nitrogens with one attached hydrogen (secondary N) is 2. The van der Waals surface area contributed by atoms with Crippen LogP contribution in [0.1, 0.15) is 25.7 Å². The Morgan fingerprint density at radius 2 is 2.15 bits per heavy atom. The largest absolute Gasteiger partial charge is 0.379 e. The van der Waals surface area contributed by atoms with E-state index < -0.39 is 0 Å². The summed E-state index contributed by atoms with van der Waals surface area (Å²) in [5.41, 5.74) is 1.32. The number of hydrogen-bond donors (Lipinski definition) is 2. The molecule has 1 aromatic rings. The van der Waals surface area contributed by atoms with Crippen LogP contribution in [0.5, 0.6) is 0 Å². The van der Waals surface area contributed by atoms with E-state index in [-0.39, 0.29) is 0 Å². The van der Waals surface area contributed by atoms with Gasteiger partial charge in [-0.3, -0.25) is 4.99 Å². The van der Waals surface area contributed by atoms with Crippen LogP contribution in [0.4, 0.5) is 5.69 Å². The van der Waals surface area contributed by atoms with Gasteiger partial charge in [-0.1, -0.05) is 18.2 Å². The molecule has 1 aromatic carbocycles. The molecular weight excluding hydrogens is 340 g/mol. The van der Waals surface area contributed by atoms with Crippen molar-refractivity contribution in [1.29, 1.82) is 0 Å². The molecule has 0 radical (unpaired) electrons. The van der Waals surface area contributed by atoms with Crippen molar-refractivity contribution in [2.75, 3.05) is 57.9 Å². The third kappa shape index (κ3) is 6.70. The van der Waals surface area contributed by atoms with E-state index in [9.17, 15) is 0 Å². The Morgan fingerprint density at radius 1 is 1.26 bits per heavy atom. The van der Waals surface area contributed by atoms with Crippen molar-refractivity contribution < 1.29 is 9.47 Å². The molecular formula is C21H34N4O2. The summed E-state index contributed by atoms with van der Waals surface area (Å²) in [4.78, 5) is 6.79. The first kappa shape index (κ1) is 20.0. The van der Waals surface area contributed by atoms with Crippen molar-refractivity contribution in [3.63, 3.8) is 0 Å². The second kappa shape index (κ2) is 11.1. The average molecular weight is 375 g/mol. The van der Waals surface area contributed by atoms with Crippen LogP contribution in [-0.4, -0.2) is 65.1 Å². The first-order valence-corrected chi connectivity index (χ1v) is 10.3. The molecule has 0 aromatic heterocycles. The molecule has 2 unspecified atom stereocenters. The zero-order valence-corrected chi connectivity index (χ0v) is 16.5. The van der Waals surface area contributed by atoms with E-state index in [1.54, 1.807) is 0 Å². The van der Waals surface area contributed by atoms with Gasteiger partial charge in [0, 0.05) is 52.1 Å². The van der Waals surface area contributed by atoms with E-state index in [1.165, 1.54) is 18.5 Å². The maximum Gasteiger partial charge on any atom is 0.190 e. The Kier molecular flexibility index (Phi) is 8.24. The van der Waals surface area contributed by atoms with Gasteiger partial charge in [-0.15, -0.1) is 0 Å². The van der Waals surface area contributed by atoms with Gasteiger partial charge < -0.3 is 25.0 Å². The number of aliphatic imine (C=N–C) groups is 1. The second-order valence-electron chi connectivity index (χ2n) is 7.38. The monoisotopic (exact) mass is 374 g/mol. The lowest BCUT2D eigenvalue weighted by molar-refractivity contribution is 0.0168. The Bertz CT molecular complexity index is 561. The van der Waals surface area contributed by atoms with Crippen LogP contribution in [0.2, 0.25) is 0 Å². The molecule has 2 heterocycles. The van der Waals surface area contributed by atoms with Crippen molar-refractivity contribution in [1.82, 2.24) is 10.6 Å². The highest BCUT2D eigenvalue weighted by molar-refractivity contribution is 5.79. The molecule has 2 N–H and O–H groups in total. The summed E-state index contributed by atoms with van der Waals surface area (Å²) in [6.07, 6.45) is 4.81. The highest BCUT2D eigenvalue weighted by atomic mass is 16.5. The summed E-state index contributed by atoms with van der Waals surface area (Å²) in [6.45, 7) is 6.44. The minimum Gasteiger partial charge on any atom is -0.379 e. The van der Waals surface area contributed by atoms with Crippen LogP contribution in [0.25, 0.3) is 0 Å². The van der Waals surface area contributed by atoms with Crippen molar-refractivity contribution in [2.45, 2.75) is 31.8 Å². The highest BCUT2D eigenvalue weighted by Crippen LogP contribution is 2.22. The Balaban J connectivity index is 1.25. The fourth-order valence-electron chi connectivity index (χ4n) is 3.71. The van der Waals surface area contributed by atoms with E-state index >= 15 is 0 Å². The molecule has 0 saturated carbocycles. The summed E-state index contributed by atoms with van der Waals surface area (Å²) in [6, 6.07) is 10.7. The third-order valence-corrected chi connectivity index (χ3v) is 5.27. The van der Waals surface area contributed by atoms with E-state index in [0.717, 1.165) is 64.8 Å². The zero-order valence-electron chi connectivity index (χ0n) is 16.5. The van der Waals surface area contributed by atoms with Crippen molar-refractivity contribution in [3.05, 3.63) is 30.3 Å². The maximum atomic E-state index is 5.70. The summed E-state index contributed by atoms with van der Waals surface area (Å²) in [7, 11) is 1.83. The normalized spacial score (nSPS) is 23.0. The van der Waals surface area contributed by atoms with E-state index in [1.807, 2.05) is 7.05 Å². The fraction of sp³-hybridized carbons (Fsp3) is 0.667. The second-order valence-corrected chi connectivity index (χ2v) is 7.38. The molecule has 2 saturated heterocycles. The molecule has 3 rings (SSSR count). The van der Waals surface area contributed by atoms with Crippen LogP contribution in [-0.2, 0) is 9.47 Å². The van der Waals surface area contributed by atoms with E-state index in [4.69, 9.17) is 9.47 Å². The van der Waals surface area contributed by atoms with Crippen LogP contribution >= 0.6 is 0 Å². The van der Waals surface area contributed by atoms with Gasteiger partial charge >= 0.3 is 0 Å². The van der Waals surface area contributed by atoms with Gasteiger partial charge in [0.1, 0.15) is 0 Å². The highest BCUT2D eigenvalue weighted by Gasteiger charge is 2.22. The van der Waals surface area contributed by atoms with Gasteiger partial charge in [-0.25, -0.2) is 0 Å². The molecule has 0 amide bonds.